The molecule has 1 aromatic heterocycles. The molecular formula is C22H17Cl2N3O3. The van der Waals surface area contributed by atoms with E-state index in [4.69, 9.17) is 27.9 Å². The molecule has 0 fully saturated rings. The summed E-state index contributed by atoms with van der Waals surface area (Å²) in [6.07, 6.45) is 3.94. The number of benzene rings is 2. The van der Waals surface area contributed by atoms with Crippen molar-refractivity contribution in [2.45, 2.75) is 6.42 Å². The number of hydrogen-bond acceptors (Lipinski definition) is 4. The number of halogens is 2. The van der Waals surface area contributed by atoms with Crippen molar-refractivity contribution >= 4 is 46.4 Å². The summed E-state index contributed by atoms with van der Waals surface area (Å²) in [5, 5.41) is 3.61. The zero-order chi connectivity index (χ0) is 21.1. The highest BCUT2D eigenvalue weighted by Crippen LogP contribution is 2.32. The highest BCUT2D eigenvalue weighted by Gasteiger charge is 2.26. The van der Waals surface area contributed by atoms with Gasteiger partial charge >= 0.3 is 0 Å². The van der Waals surface area contributed by atoms with Gasteiger partial charge in [0.1, 0.15) is 5.75 Å². The molecule has 0 atom stereocenters. The first kappa shape index (κ1) is 20.2. The summed E-state index contributed by atoms with van der Waals surface area (Å²) < 4.78 is 5.46. The Morgan fingerprint density at radius 3 is 2.63 bits per heavy atom. The molecule has 2 aromatic carbocycles. The van der Waals surface area contributed by atoms with Gasteiger partial charge in [0.05, 0.1) is 5.02 Å². The molecule has 0 aliphatic carbocycles. The maximum Gasteiger partial charge on any atom is 0.262 e. The van der Waals surface area contributed by atoms with E-state index in [0.29, 0.717) is 33.6 Å². The number of rotatable bonds is 5. The second kappa shape index (κ2) is 8.73. The number of amides is 2. The van der Waals surface area contributed by atoms with E-state index in [9.17, 15) is 9.59 Å². The van der Waals surface area contributed by atoms with E-state index in [0.717, 1.165) is 17.7 Å². The van der Waals surface area contributed by atoms with Crippen LogP contribution in [0, 0.1) is 0 Å². The number of aromatic nitrogens is 1. The minimum Gasteiger partial charge on any atom is -0.482 e. The third kappa shape index (κ3) is 4.40. The Bertz CT molecular complexity index is 1110. The Kier molecular flexibility index (Phi) is 5.88. The monoisotopic (exact) mass is 441 g/mol. The molecule has 2 amide bonds. The molecule has 0 saturated heterocycles. The van der Waals surface area contributed by atoms with Gasteiger partial charge in [0.25, 0.3) is 11.8 Å². The van der Waals surface area contributed by atoms with Crippen LogP contribution in [0.4, 0.5) is 11.4 Å². The molecule has 0 unspecified atom stereocenters. The first-order valence-corrected chi connectivity index (χ1v) is 9.99. The van der Waals surface area contributed by atoms with Crippen LogP contribution in [0.5, 0.6) is 5.75 Å². The smallest absolute Gasteiger partial charge is 0.262 e. The Morgan fingerprint density at radius 1 is 1.07 bits per heavy atom. The molecule has 8 heteroatoms. The summed E-state index contributed by atoms with van der Waals surface area (Å²) in [5.41, 5.74) is 3.00. The molecule has 1 aliphatic heterocycles. The Labute approximate surface area is 183 Å². The van der Waals surface area contributed by atoms with Crippen molar-refractivity contribution in [3.63, 3.8) is 0 Å². The van der Waals surface area contributed by atoms with E-state index in [-0.39, 0.29) is 18.4 Å². The highest BCUT2D eigenvalue weighted by molar-refractivity contribution is 6.35. The van der Waals surface area contributed by atoms with Crippen molar-refractivity contribution in [2.24, 2.45) is 0 Å². The molecule has 152 valence electrons. The molecule has 1 N–H and O–H groups in total. The van der Waals surface area contributed by atoms with Gasteiger partial charge in [-0.25, -0.2) is 0 Å². The zero-order valence-corrected chi connectivity index (χ0v) is 17.3. The largest absolute Gasteiger partial charge is 0.482 e. The number of ether oxygens (including phenoxy) is 1. The fourth-order valence-corrected chi connectivity index (χ4v) is 3.71. The summed E-state index contributed by atoms with van der Waals surface area (Å²) in [6.45, 7) is 0.379. The number of carbonyl (C=O) groups is 2. The lowest BCUT2D eigenvalue weighted by atomic mass is 10.1. The molecule has 6 nitrogen and oxygen atoms in total. The van der Waals surface area contributed by atoms with E-state index < -0.39 is 0 Å². The molecule has 0 bridgehead atoms. The molecule has 0 spiro atoms. The van der Waals surface area contributed by atoms with E-state index in [1.807, 2.05) is 12.1 Å². The fraction of sp³-hybridized carbons (Fsp3) is 0.136. The van der Waals surface area contributed by atoms with Crippen LogP contribution in [0.1, 0.15) is 15.9 Å². The number of carbonyl (C=O) groups excluding carboxylic acids is 2. The van der Waals surface area contributed by atoms with Gasteiger partial charge in [-0.3, -0.25) is 14.6 Å². The zero-order valence-electron chi connectivity index (χ0n) is 15.8. The van der Waals surface area contributed by atoms with Crippen LogP contribution < -0.4 is 15.0 Å². The first-order chi connectivity index (χ1) is 14.5. The minimum atomic E-state index is -0.342. The first-order valence-electron chi connectivity index (χ1n) is 9.24. The van der Waals surface area contributed by atoms with Gasteiger partial charge in [-0.1, -0.05) is 29.3 Å². The molecule has 4 rings (SSSR count). The average Bonchev–Trinajstić information content (AvgIpc) is 3.16. The Morgan fingerprint density at radius 2 is 1.87 bits per heavy atom. The fourth-order valence-electron chi connectivity index (χ4n) is 3.25. The third-order valence-corrected chi connectivity index (χ3v) is 5.22. The Hall–Kier alpha value is -3.09. The lowest BCUT2D eigenvalue weighted by Gasteiger charge is -2.18. The van der Waals surface area contributed by atoms with Gasteiger partial charge in [0.15, 0.2) is 6.61 Å². The van der Waals surface area contributed by atoms with Crippen molar-refractivity contribution in [3.05, 3.63) is 82.1 Å². The van der Waals surface area contributed by atoms with Crippen molar-refractivity contribution in [1.29, 1.82) is 0 Å². The topological polar surface area (TPSA) is 71.5 Å². The second-order valence-corrected chi connectivity index (χ2v) is 7.54. The maximum absolute atomic E-state index is 12.8. The van der Waals surface area contributed by atoms with Gasteiger partial charge in [-0.2, -0.15) is 0 Å². The highest BCUT2D eigenvalue weighted by atomic mass is 35.5. The molecule has 0 saturated carbocycles. The quantitative estimate of drug-likeness (QED) is 0.627. The van der Waals surface area contributed by atoms with Crippen molar-refractivity contribution < 1.29 is 14.3 Å². The van der Waals surface area contributed by atoms with Crippen LogP contribution in [0.2, 0.25) is 10.0 Å². The van der Waals surface area contributed by atoms with Crippen LogP contribution >= 0.6 is 23.2 Å². The SMILES string of the molecule is O=C(COc1ccc(Cl)cc1Cl)Nc1ccc2c(c1)N(C(=O)c1ccncc1)CC2. The van der Waals surface area contributed by atoms with E-state index in [1.165, 1.54) is 0 Å². The van der Waals surface area contributed by atoms with Gasteiger partial charge in [-0.15, -0.1) is 0 Å². The molecule has 2 heterocycles. The number of nitrogens with one attached hydrogen (secondary N) is 1. The summed E-state index contributed by atoms with van der Waals surface area (Å²) >= 11 is 11.9. The molecule has 1 aliphatic rings. The lowest BCUT2D eigenvalue weighted by Crippen LogP contribution is -2.29. The number of hydrogen-bond donors (Lipinski definition) is 1. The third-order valence-electron chi connectivity index (χ3n) is 4.69. The summed E-state index contributed by atoms with van der Waals surface area (Å²) in [4.78, 5) is 30.8. The van der Waals surface area contributed by atoms with Crippen LogP contribution in [0.3, 0.4) is 0 Å². The van der Waals surface area contributed by atoms with Crippen LogP contribution in [-0.4, -0.2) is 29.9 Å². The lowest BCUT2D eigenvalue weighted by molar-refractivity contribution is -0.118. The number of nitrogens with zero attached hydrogens (tertiary/aromatic N) is 2. The predicted octanol–water partition coefficient (Wildman–Crippen LogP) is 4.61. The number of anilines is 2. The van der Waals surface area contributed by atoms with Gasteiger partial charge < -0.3 is 15.0 Å². The second-order valence-electron chi connectivity index (χ2n) is 6.70. The number of pyridine rings is 1. The van der Waals surface area contributed by atoms with E-state index in [1.54, 1.807) is 53.7 Å². The van der Waals surface area contributed by atoms with E-state index in [2.05, 4.69) is 10.3 Å². The number of fused-ring (bicyclic) bond motifs is 1. The maximum atomic E-state index is 12.8. The average molecular weight is 442 g/mol. The van der Waals surface area contributed by atoms with Gasteiger partial charge in [-0.05, 0) is 54.4 Å². The van der Waals surface area contributed by atoms with Gasteiger partial charge in [0.2, 0.25) is 0 Å². The van der Waals surface area contributed by atoms with Gasteiger partial charge in [0, 0.05) is 40.9 Å². The summed E-state index contributed by atoms with van der Waals surface area (Å²) in [7, 11) is 0. The summed E-state index contributed by atoms with van der Waals surface area (Å²) in [6, 6.07) is 13.7. The summed E-state index contributed by atoms with van der Waals surface area (Å²) in [5.74, 6) is -0.0643. The van der Waals surface area contributed by atoms with Crippen molar-refractivity contribution in [3.8, 4) is 5.75 Å². The predicted molar refractivity (Wildman–Crippen MR) is 117 cm³/mol. The van der Waals surface area contributed by atoms with Crippen molar-refractivity contribution in [2.75, 3.05) is 23.4 Å². The molecule has 3 aromatic rings. The Balaban J connectivity index is 1.43. The molecule has 0 radical (unpaired) electrons. The molecule has 30 heavy (non-hydrogen) atoms. The van der Waals surface area contributed by atoms with Crippen molar-refractivity contribution in [1.82, 2.24) is 4.98 Å². The van der Waals surface area contributed by atoms with E-state index >= 15 is 0 Å². The minimum absolute atomic E-state index is 0.0969. The normalized spacial score (nSPS) is 12.4. The van der Waals surface area contributed by atoms with Crippen LogP contribution in [0.15, 0.2) is 60.9 Å². The van der Waals surface area contributed by atoms with Crippen LogP contribution in [-0.2, 0) is 11.2 Å². The molecular weight excluding hydrogens is 425 g/mol. The van der Waals surface area contributed by atoms with Crippen LogP contribution in [0.25, 0.3) is 0 Å². The standard InChI is InChI=1S/C22H17Cl2N3O3/c23-16-2-4-20(18(24)11-16)30-13-21(28)26-17-3-1-14-7-10-27(19(14)12-17)22(29)15-5-8-25-9-6-15/h1-6,8-9,11-12H,7,10,13H2,(H,26,28).